The molecule has 0 atom stereocenters. The predicted molar refractivity (Wildman–Crippen MR) is 66.9 cm³/mol. The summed E-state index contributed by atoms with van der Waals surface area (Å²) in [4.78, 5) is 13.7. The summed E-state index contributed by atoms with van der Waals surface area (Å²) in [6, 6.07) is 10.4. The molecule has 0 N–H and O–H groups in total. The third-order valence-corrected chi connectivity index (χ3v) is 3.77. The number of hydrogen-bond donors (Lipinski definition) is 0. The minimum Gasteiger partial charge on any atom is -0.340 e. The van der Waals surface area contributed by atoms with E-state index in [1.54, 1.807) is 0 Å². The molecule has 0 bridgehead atoms. The first kappa shape index (κ1) is 9.60. The second-order valence-electron chi connectivity index (χ2n) is 3.86. The molecule has 3 heteroatoms. The zero-order valence-corrected chi connectivity index (χ0v) is 9.54. The van der Waals surface area contributed by atoms with E-state index in [-0.39, 0.29) is 0 Å². The zero-order chi connectivity index (χ0) is 11.0. The molecular weight excluding hydrogens is 218 g/mol. The zero-order valence-electron chi connectivity index (χ0n) is 8.72. The van der Waals surface area contributed by atoms with Crippen molar-refractivity contribution in [1.82, 2.24) is 0 Å². The van der Waals surface area contributed by atoms with Gasteiger partial charge in [0, 0.05) is 17.6 Å². The second kappa shape index (κ2) is 3.76. The van der Waals surface area contributed by atoms with Crippen LogP contribution in [-0.2, 0) is 6.42 Å². The number of thiophene rings is 1. The van der Waals surface area contributed by atoms with E-state index >= 15 is 0 Å². The lowest BCUT2D eigenvalue weighted by Crippen LogP contribution is -2.11. The summed E-state index contributed by atoms with van der Waals surface area (Å²) in [7, 11) is 0. The topological polar surface area (TPSA) is 20.3 Å². The van der Waals surface area contributed by atoms with E-state index in [1.165, 1.54) is 22.6 Å². The van der Waals surface area contributed by atoms with E-state index in [0.717, 1.165) is 29.8 Å². The van der Waals surface area contributed by atoms with Crippen LogP contribution in [0, 0.1) is 0 Å². The Hall–Kier alpha value is -1.61. The number of carbonyl (C=O) groups is 1. The van der Waals surface area contributed by atoms with Crippen LogP contribution in [0.1, 0.15) is 15.2 Å². The van der Waals surface area contributed by atoms with Crippen molar-refractivity contribution in [3.63, 3.8) is 0 Å². The van der Waals surface area contributed by atoms with Crippen LogP contribution in [0.15, 0.2) is 35.7 Å². The number of aldehydes is 1. The third-order valence-electron chi connectivity index (χ3n) is 2.92. The number of carbonyl (C=O) groups excluding carboxylic acids is 1. The lowest BCUT2D eigenvalue weighted by molar-refractivity contribution is 0.112. The molecule has 0 aliphatic carbocycles. The van der Waals surface area contributed by atoms with Crippen molar-refractivity contribution in [1.29, 1.82) is 0 Å². The van der Waals surface area contributed by atoms with Crippen LogP contribution in [0.2, 0.25) is 0 Å². The van der Waals surface area contributed by atoms with Gasteiger partial charge in [-0.3, -0.25) is 4.79 Å². The van der Waals surface area contributed by atoms with Gasteiger partial charge in [0.1, 0.15) is 0 Å². The highest BCUT2D eigenvalue weighted by Crippen LogP contribution is 2.35. The highest BCUT2D eigenvalue weighted by atomic mass is 32.1. The molecule has 0 amide bonds. The first-order valence-electron chi connectivity index (χ1n) is 5.27. The Balaban J connectivity index is 2.01. The monoisotopic (exact) mass is 229 g/mol. The number of fused-ring (bicyclic) bond motifs is 1. The molecule has 0 unspecified atom stereocenters. The third kappa shape index (κ3) is 1.44. The summed E-state index contributed by atoms with van der Waals surface area (Å²) in [5.41, 5.74) is 3.80. The van der Waals surface area contributed by atoms with Gasteiger partial charge in [0.2, 0.25) is 0 Å². The number of hydrogen-bond acceptors (Lipinski definition) is 3. The lowest BCUT2D eigenvalue weighted by atomic mass is 10.2. The first-order valence-corrected chi connectivity index (χ1v) is 6.15. The van der Waals surface area contributed by atoms with E-state index in [2.05, 4.69) is 29.2 Å². The molecule has 2 nitrogen and oxygen atoms in total. The van der Waals surface area contributed by atoms with Crippen LogP contribution in [-0.4, -0.2) is 12.8 Å². The molecule has 2 aromatic rings. The van der Waals surface area contributed by atoms with Gasteiger partial charge in [0.05, 0.1) is 10.6 Å². The molecule has 3 rings (SSSR count). The smallest absolute Gasteiger partial charge is 0.160 e. The standard InChI is InChI=1S/C13H11NOS/c15-8-12-7-11(9-16-12)14-6-5-10-3-1-2-4-13(10)14/h1-4,7-9H,5-6H2. The van der Waals surface area contributed by atoms with Crippen LogP contribution in [0.5, 0.6) is 0 Å². The van der Waals surface area contributed by atoms with Crippen molar-refractivity contribution in [2.75, 3.05) is 11.4 Å². The second-order valence-corrected chi connectivity index (χ2v) is 4.80. The molecule has 16 heavy (non-hydrogen) atoms. The molecule has 1 aromatic carbocycles. The van der Waals surface area contributed by atoms with Crippen molar-refractivity contribution in [2.45, 2.75) is 6.42 Å². The molecule has 0 spiro atoms. The van der Waals surface area contributed by atoms with Crippen LogP contribution in [0.3, 0.4) is 0 Å². The summed E-state index contributed by atoms with van der Waals surface area (Å²) in [5.74, 6) is 0. The molecular formula is C13H11NOS. The highest BCUT2D eigenvalue weighted by Gasteiger charge is 2.20. The summed E-state index contributed by atoms with van der Waals surface area (Å²) >= 11 is 1.50. The molecule has 0 radical (unpaired) electrons. The van der Waals surface area contributed by atoms with E-state index in [1.807, 2.05) is 11.4 Å². The molecule has 1 aromatic heterocycles. The molecule has 0 fully saturated rings. The Morgan fingerprint density at radius 1 is 1.31 bits per heavy atom. The van der Waals surface area contributed by atoms with Gasteiger partial charge >= 0.3 is 0 Å². The maximum Gasteiger partial charge on any atom is 0.160 e. The van der Waals surface area contributed by atoms with Gasteiger partial charge in [-0.2, -0.15) is 0 Å². The normalized spacial score (nSPS) is 13.9. The summed E-state index contributed by atoms with van der Waals surface area (Å²) in [5, 5.41) is 2.05. The number of anilines is 2. The average molecular weight is 229 g/mol. The predicted octanol–water partition coefficient (Wildman–Crippen LogP) is 3.25. The lowest BCUT2D eigenvalue weighted by Gasteiger charge is -2.17. The summed E-state index contributed by atoms with van der Waals surface area (Å²) in [6.07, 6.45) is 2.00. The average Bonchev–Trinajstić information content (AvgIpc) is 2.94. The van der Waals surface area contributed by atoms with Crippen LogP contribution in [0.25, 0.3) is 0 Å². The SMILES string of the molecule is O=Cc1cc(N2CCc3ccccc32)cs1. The van der Waals surface area contributed by atoms with Gasteiger partial charge in [-0.1, -0.05) is 18.2 Å². The maximum absolute atomic E-state index is 10.7. The number of benzene rings is 1. The number of rotatable bonds is 2. The molecule has 2 heterocycles. The Morgan fingerprint density at radius 2 is 2.19 bits per heavy atom. The summed E-state index contributed by atoms with van der Waals surface area (Å²) < 4.78 is 0. The van der Waals surface area contributed by atoms with E-state index in [9.17, 15) is 4.79 Å². The Labute approximate surface area is 98.1 Å². The molecule has 1 aliphatic rings. The molecule has 1 aliphatic heterocycles. The van der Waals surface area contributed by atoms with Gasteiger partial charge in [0.25, 0.3) is 0 Å². The molecule has 0 saturated carbocycles. The van der Waals surface area contributed by atoms with Crippen LogP contribution in [0.4, 0.5) is 11.4 Å². The minimum absolute atomic E-state index is 0.791. The van der Waals surface area contributed by atoms with Gasteiger partial charge in [0.15, 0.2) is 6.29 Å². The highest BCUT2D eigenvalue weighted by molar-refractivity contribution is 7.12. The van der Waals surface area contributed by atoms with Crippen molar-refractivity contribution >= 4 is 29.0 Å². The fourth-order valence-electron chi connectivity index (χ4n) is 2.15. The van der Waals surface area contributed by atoms with Gasteiger partial charge in [-0.05, 0) is 24.1 Å². The summed E-state index contributed by atoms with van der Waals surface area (Å²) in [6.45, 7) is 1.01. The van der Waals surface area contributed by atoms with Gasteiger partial charge in [-0.25, -0.2) is 0 Å². The Kier molecular flexibility index (Phi) is 2.26. The fourth-order valence-corrected chi connectivity index (χ4v) is 2.85. The Bertz CT molecular complexity index is 532. The first-order chi connectivity index (χ1) is 7.88. The van der Waals surface area contributed by atoms with E-state index in [0.29, 0.717) is 0 Å². The minimum atomic E-state index is 0.791. The molecule has 80 valence electrons. The molecule has 0 saturated heterocycles. The van der Waals surface area contributed by atoms with Crippen molar-refractivity contribution in [3.05, 3.63) is 46.2 Å². The maximum atomic E-state index is 10.7. The van der Waals surface area contributed by atoms with Crippen LogP contribution >= 0.6 is 11.3 Å². The van der Waals surface area contributed by atoms with E-state index in [4.69, 9.17) is 0 Å². The van der Waals surface area contributed by atoms with Crippen molar-refractivity contribution in [2.24, 2.45) is 0 Å². The quantitative estimate of drug-likeness (QED) is 0.737. The largest absolute Gasteiger partial charge is 0.340 e. The van der Waals surface area contributed by atoms with Crippen molar-refractivity contribution < 1.29 is 4.79 Å². The van der Waals surface area contributed by atoms with Crippen molar-refractivity contribution in [3.8, 4) is 0 Å². The van der Waals surface area contributed by atoms with Gasteiger partial charge in [-0.15, -0.1) is 11.3 Å². The fraction of sp³-hybridized carbons (Fsp3) is 0.154. The van der Waals surface area contributed by atoms with Gasteiger partial charge < -0.3 is 4.90 Å². The number of nitrogens with zero attached hydrogens (tertiary/aromatic N) is 1. The number of para-hydroxylation sites is 1. The van der Waals surface area contributed by atoms with E-state index < -0.39 is 0 Å². The van der Waals surface area contributed by atoms with Crippen LogP contribution < -0.4 is 4.90 Å². The Morgan fingerprint density at radius 3 is 3.00 bits per heavy atom.